The van der Waals surface area contributed by atoms with Gasteiger partial charge in [-0.25, -0.2) is 0 Å². The highest BCUT2D eigenvalue weighted by Crippen LogP contribution is 2.31. The maximum atomic E-state index is 12.9. The van der Waals surface area contributed by atoms with Crippen LogP contribution in [0.4, 0.5) is 5.69 Å². The average molecular weight is 455 g/mol. The SMILES string of the molecule is Cc1ccc(-n2ncc(N3CCC(c4nnc5ccccn45)CC3)c(Cl)c2=O)cc1Cl. The number of hydrogen-bond acceptors (Lipinski definition) is 5. The molecule has 9 heteroatoms. The zero-order valence-electron chi connectivity index (χ0n) is 16.9. The van der Waals surface area contributed by atoms with Gasteiger partial charge in [0, 0.05) is 30.2 Å². The maximum Gasteiger partial charge on any atom is 0.292 e. The van der Waals surface area contributed by atoms with Crippen LogP contribution in [0.2, 0.25) is 10.0 Å². The van der Waals surface area contributed by atoms with Crippen molar-refractivity contribution >= 4 is 34.5 Å². The molecule has 4 heterocycles. The molecule has 0 atom stereocenters. The van der Waals surface area contributed by atoms with E-state index in [1.54, 1.807) is 18.3 Å². The Morgan fingerprint density at radius 2 is 1.87 bits per heavy atom. The molecule has 1 aromatic carbocycles. The third-order valence-corrected chi connectivity index (χ3v) is 6.60. The van der Waals surface area contributed by atoms with Crippen LogP contribution in [0.25, 0.3) is 11.3 Å². The van der Waals surface area contributed by atoms with Crippen LogP contribution in [-0.4, -0.2) is 37.5 Å². The summed E-state index contributed by atoms with van der Waals surface area (Å²) in [4.78, 5) is 15.0. The number of aromatic nitrogens is 5. The summed E-state index contributed by atoms with van der Waals surface area (Å²) in [6.07, 6.45) is 5.43. The van der Waals surface area contributed by atoms with E-state index in [9.17, 15) is 4.79 Å². The topological polar surface area (TPSA) is 68.3 Å². The van der Waals surface area contributed by atoms with Crippen molar-refractivity contribution in [1.82, 2.24) is 24.4 Å². The van der Waals surface area contributed by atoms with Gasteiger partial charge in [-0.05, 0) is 49.6 Å². The van der Waals surface area contributed by atoms with Gasteiger partial charge in [-0.15, -0.1) is 10.2 Å². The quantitative estimate of drug-likeness (QED) is 0.462. The molecular weight excluding hydrogens is 435 g/mol. The lowest BCUT2D eigenvalue weighted by Gasteiger charge is -2.33. The van der Waals surface area contributed by atoms with Gasteiger partial charge in [0.15, 0.2) is 5.65 Å². The number of aryl methyl sites for hydroxylation is 1. The molecule has 5 rings (SSSR count). The molecule has 0 amide bonds. The lowest BCUT2D eigenvalue weighted by molar-refractivity contribution is 0.482. The monoisotopic (exact) mass is 454 g/mol. The summed E-state index contributed by atoms with van der Waals surface area (Å²) in [7, 11) is 0. The van der Waals surface area contributed by atoms with Crippen molar-refractivity contribution in [2.45, 2.75) is 25.7 Å². The molecule has 158 valence electrons. The van der Waals surface area contributed by atoms with Crippen molar-refractivity contribution in [3.05, 3.63) is 80.6 Å². The third-order valence-electron chi connectivity index (χ3n) is 5.84. The number of rotatable bonds is 3. The molecule has 7 nitrogen and oxygen atoms in total. The standard InChI is InChI=1S/C22H20Cl2N6O/c1-14-5-6-16(12-17(14)23)30-22(31)20(24)18(13-25-30)28-10-7-15(8-11-28)21-27-26-19-4-2-3-9-29(19)21/h2-6,9,12-13,15H,7-8,10-11H2,1H3. The lowest BCUT2D eigenvalue weighted by Crippen LogP contribution is -2.35. The molecule has 0 radical (unpaired) electrons. The van der Waals surface area contributed by atoms with Crippen molar-refractivity contribution < 1.29 is 0 Å². The summed E-state index contributed by atoms with van der Waals surface area (Å²) < 4.78 is 3.33. The molecule has 0 saturated carbocycles. The summed E-state index contributed by atoms with van der Waals surface area (Å²) >= 11 is 12.7. The van der Waals surface area contributed by atoms with E-state index < -0.39 is 0 Å². The molecule has 0 spiro atoms. The molecule has 0 N–H and O–H groups in total. The molecule has 31 heavy (non-hydrogen) atoms. The minimum absolute atomic E-state index is 0.165. The number of benzene rings is 1. The van der Waals surface area contributed by atoms with Crippen LogP contribution in [0, 0.1) is 6.92 Å². The fourth-order valence-electron chi connectivity index (χ4n) is 4.06. The minimum Gasteiger partial charge on any atom is -0.369 e. The molecule has 1 aliphatic rings. The van der Waals surface area contributed by atoms with Gasteiger partial charge in [-0.1, -0.05) is 35.3 Å². The first-order chi connectivity index (χ1) is 15.0. The van der Waals surface area contributed by atoms with Crippen molar-refractivity contribution in [3.63, 3.8) is 0 Å². The second-order valence-electron chi connectivity index (χ2n) is 7.74. The van der Waals surface area contributed by atoms with Crippen molar-refractivity contribution in [2.75, 3.05) is 18.0 Å². The van der Waals surface area contributed by atoms with E-state index in [1.165, 1.54) is 4.68 Å². The lowest BCUT2D eigenvalue weighted by atomic mass is 9.95. The van der Waals surface area contributed by atoms with E-state index in [0.717, 1.165) is 43.0 Å². The Kier molecular flexibility index (Phi) is 5.16. The summed E-state index contributed by atoms with van der Waals surface area (Å²) in [5.74, 6) is 1.28. The maximum absolute atomic E-state index is 12.9. The molecule has 3 aromatic heterocycles. The molecule has 1 aliphatic heterocycles. The summed E-state index contributed by atoms with van der Waals surface area (Å²) in [5.41, 5.74) is 2.68. The normalized spacial score (nSPS) is 15.0. The highest BCUT2D eigenvalue weighted by Gasteiger charge is 2.26. The number of halogens is 2. The Bertz CT molecular complexity index is 1320. The first-order valence-corrected chi connectivity index (χ1v) is 10.9. The summed E-state index contributed by atoms with van der Waals surface area (Å²) in [6.45, 7) is 3.42. The molecule has 4 aromatic rings. The Hall–Kier alpha value is -2.90. The van der Waals surface area contributed by atoms with Crippen molar-refractivity contribution in [3.8, 4) is 5.69 Å². The molecule has 0 bridgehead atoms. The van der Waals surface area contributed by atoms with Gasteiger partial charge in [-0.3, -0.25) is 9.20 Å². The van der Waals surface area contributed by atoms with Gasteiger partial charge in [0.2, 0.25) is 0 Å². The Morgan fingerprint density at radius 1 is 1.06 bits per heavy atom. The van der Waals surface area contributed by atoms with E-state index >= 15 is 0 Å². The number of pyridine rings is 1. The van der Waals surface area contributed by atoms with Gasteiger partial charge in [-0.2, -0.15) is 9.78 Å². The minimum atomic E-state index is -0.357. The smallest absolute Gasteiger partial charge is 0.292 e. The fraction of sp³-hybridized carbons (Fsp3) is 0.273. The predicted molar refractivity (Wildman–Crippen MR) is 122 cm³/mol. The second-order valence-corrected chi connectivity index (χ2v) is 8.53. The Labute approximate surface area is 188 Å². The zero-order chi connectivity index (χ0) is 21.5. The highest BCUT2D eigenvalue weighted by molar-refractivity contribution is 6.33. The van der Waals surface area contributed by atoms with Gasteiger partial charge < -0.3 is 4.90 Å². The van der Waals surface area contributed by atoms with Gasteiger partial charge in [0.1, 0.15) is 10.8 Å². The van der Waals surface area contributed by atoms with Gasteiger partial charge in [0.05, 0.1) is 17.6 Å². The fourth-order valence-corrected chi connectivity index (χ4v) is 4.48. The van der Waals surface area contributed by atoms with E-state index in [-0.39, 0.29) is 10.6 Å². The number of fused-ring (bicyclic) bond motifs is 1. The van der Waals surface area contributed by atoms with Gasteiger partial charge in [0.25, 0.3) is 5.56 Å². The largest absolute Gasteiger partial charge is 0.369 e. The third kappa shape index (κ3) is 3.58. The molecule has 0 aliphatic carbocycles. The van der Waals surface area contributed by atoms with Crippen LogP contribution in [0.15, 0.2) is 53.6 Å². The first-order valence-electron chi connectivity index (χ1n) is 10.1. The molecule has 1 fully saturated rings. The summed E-state index contributed by atoms with van der Waals surface area (Å²) in [6, 6.07) is 11.3. The van der Waals surface area contributed by atoms with E-state index in [0.29, 0.717) is 22.3 Å². The van der Waals surface area contributed by atoms with Crippen LogP contribution in [0.3, 0.4) is 0 Å². The molecule has 0 unspecified atom stereocenters. The highest BCUT2D eigenvalue weighted by atomic mass is 35.5. The van der Waals surface area contributed by atoms with Crippen LogP contribution in [0.5, 0.6) is 0 Å². The average Bonchev–Trinajstić information content (AvgIpc) is 3.22. The summed E-state index contributed by atoms with van der Waals surface area (Å²) in [5, 5.41) is 13.8. The second kappa shape index (κ2) is 7.98. The van der Waals surface area contributed by atoms with Crippen molar-refractivity contribution in [1.29, 1.82) is 0 Å². The number of hydrogen-bond donors (Lipinski definition) is 0. The Balaban J connectivity index is 1.37. The number of anilines is 1. The Morgan fingerprint density at radius 3 is 2.65 bits per heavy atom. The van der Waals surface area contributed by atoms with Crippen LogP contribution < -0.4 is 10.5 Å². The molecular formula is C22H20Cl2N6O. The van der Waals surface area contributed by atoms with E-state index in [2.05, 4.69) is 20.2 Å². The zero-order valence-corrected chi connectivity index (χ0v) is 18.4. The van der Waals surface area contributed by atoms with E-state index in [4.69, 9.17) is 23.2 Å². The number of piperidine rings is 1. The van der Waals surface area contributed by atoms with Crippen LogP contribution in [0.1, 0.15) is 30.1 Å². The van der Waals surface area contributed by atoms with Crippen molar-refractivity contribution in [2.24, 2.45) is 0 Å². The first kappa shape index (κ1) is 20.0. The van der Waals surface area contributed by atoms with Gasteiger partial charge >= 0.3 is 0 Å². The van der Waals surface area contributed by atoms with Crippen LogP contribution in [-0.2, 0) is 0 Å². The van der Waals surface area contributed by atoms with E-state index in [1.807, 2.05) is 41.8 Å². The van der Waals surface area contributed by atoms with Crippen LogP contribution >= 0.6 is 23.2 Å². The number of nitrogens with zero attached hydrogens (tertiary/aromatic N) is 6. The molecule has 1 saturated heterocycles. The predicted octanol–water partition coefficient (Wildman–Crippen LogP) is 4.27.